The van der Waals surface area contributed by atoms with Crippen molar-refractivity contribution < 1.29 is 14.6 Å². The first-order valence-electron chi connectivity index (χ1n) is 6.81. The van der Waals surface area contributed by atoms with Crippen molar-refractivity contribution in [2.24, 2.45) is 0 Å². The lowest BCUT2D eigenvalue weighted by Gasteiger charge is -2.24. The molecule has 2 rings (SSSR count). The SMILES string of the molecule is C=C1NC(=O)NC=C1[C@@H]1OC(CCP(=C)(C)C)[C@@H](O)[C@H]1Cl. The molecule has 0 bridgehead atoms. The lowest BCUT2D eigenvalue weighted by Crippen LogP contribution is -2.40. The van der Waals surface area contributed by atoms with Gasteiger partial charge in [-0.05, 0) is 25.9 Å². The van der Waals surface area contributed by atoms with Gasteiger partial charge in [0.05, 0.1) is 17.6 Å². The van der Waals surface area contributed by atoms with Crippen molar-refractivity contribution in [1.82, 2.24) is 10.6 Å². The molecule has 5 nitrogen and oxygen atoms in total. The molecule has 0 spiro atoms. The number of carbonyl (C=O) groups is 1. The molecule has 0 aromatic rings. The molecular formula is C14H22ClN2O3P. The number of hydrogen-bond acceptors (Lipinski definition) is 3. The van der Waals surface area contributed by atoms with Crippen molar-refractivity contribution in [3.8, 4) is 0 Å². The van der Waals surface area contributed by atoms with Gasteiger partial charge in [-0.25, -0.2) is 4.79 Å². The summed E-state index contributed by atoms with van der Waals surface area (Å²) >= 11 is 6.30. The second-order valence-corrected chi connectivity index (χ2v) is 11.0. The molecule has 1 saturated heterocycles. The third-order valence-corrected chi connectivity index (χ3v) is 5.57. The Balaban J connectivity index is 2.08. The Kier molecular flexibility index (Phi) is 4.89. The number of amides is 2. The predicted molar refractivity (Wildman–Crippen MR) is 88.6 cm³/mol. The van der Waals surface area contributed by atoms with Gasteiger partial charge in [-0.2, -0.15) is 0 Å². The first-order chi connectivity index (χ1) is 9.69. The maximum atomic E-state index is 11.2. The van der Waals surface area contributed by atoms with Crippen LogP contribution in [0.3, 0.4) is 0 Å². The van der Waals surface area contributed by atoms with Crippen LogP contribution in [0.5, 0.6) is 0 Å². The lowest BCUT2D eigenvalue weighted by molar-refractivity contribution is 0.0202. The van der Waals surface area contributed by atoms with E-state index in [2.05, 4.69) is 36.8 Å². The number of aliphatic hydroxyl groups excluding tert-OH is 1. The molecule has 118 valence electrons. The smallest absolute Gasteiger partial charge is 0.323 e. The fourth-order valence-corrected chi connectivity index (χ4v) is 3.73. The van der Waals surface area contributed by atoms with E-state index in [1.54, 1.807) is 0 Å². The number of ether oxygens (including phenoxy) is 1. The molecule has 0 radical (unpaired) electrons. The molecule has 2 amide bonds. The van der Waals surface area contributed by atoms with Gasteiger partial charge in [-0.15, -0.1) is 24.8 Å². The van der Waals surface area contributed by atoms with Gasteiger partial charge < -0.3 is 20.5 Å². The molecule has 0 aromatic carbocycles. The first kappa shape index (κ1) is 16.6. The van der Waals surface area contributed by atoms with Crippen molar-refractivity contribution in [2.45, 2.75) is 30.1 Å². The quantitative estimate of drug-likeness (QED) is 0.540. The van der Waals surface area contributed by atoms with E-state index in [1.165, 1.54) is 6.20 Å². The Morgan fingerprint density at radius 1 is 1.52 bits per heavy atom. The van der Waals surface area contributed by atoms with Crippen LogP contribution in [0.1, 0.15) is 6.42 Å². The minimum absolute atomic E-state index is 0.315. The van der Waals surface area contributed by atoms with Crippen LogP contribution < -0.4 is 10.6 Å². The van der Waals surface area contributed by atoms with E-state index in [4.69, 9.17) is 16.3 Å². The fraction of sp³-hybridized carbons (Fsp3) is 0.571. The van der Waals surface area contributed by atoms with Gasteiger partial charge in [0.2, 0.25) is 0 Å². The Labute approximate surface area is 130 Å². The van der Waals surface area contributed by atoms with Crippen LogP contribution in [0.4, 0.5) is 4.79 Å². The van der Waals surface area contributed by atoms with Crippen LogP contribution in [0.25, 0.3) is 0 Å². The van der Waals surface area contributed by atoms with Crippen molar-refractivity contribution in [1.29, 1.82) is 0 Å². The minimum atomic E-state index is -1.17. The second kappa shape index (κ2) is 6.17. The molecule has 4 atom stereocenters. The van der Waals surface area contributed by atoms with Crippen molar-refractivity contribution >= 4 is 30.8 Å². The molecule has 2 heterocycles. The number of halogens is 1. The largest absolute Gasteiger partial charge is 0.389 e. The van der Waals surface area contributed by atoms with Crippen LogP contribution in [-0.2, 0) is 4.74 Å². The maximum absolute atomic E-state index is 11.2. The van der Waals surface area contributed by atoms with Gasteiger partial charge >= 0.3 is 6.03 Å². The van der Waals surface area contributed by atoms with E-state index in [9.17, 15) is 9.90 Å². The molecule has 0 aromatic heterocycles. The summed E-state index contributed by atoms with van der Waals surface area (Å²) < 4.78 is 5.91. The summed E-state index contributed by atoms with van der Waals surface area (Å²) in [7, 11) is 0. The van der Waals surface area contributed by atoms with Crippen LogP contribution >= 0.6 is 18.5 Å². The summed E-state index contributed by atoms with van der Waals surface area (Å²) in [5.41, 5.74) is 1.12. The van der Waals surface area contributed by atoms with E-state index < -0.39 is 24.5 Å². The highest BCUT2D eigenvalue weighted by Crippen LogP contribution is 2.40. The molecule has 3 N–H and O–H groups in total. The predicted octanol–water partition coefficient (Wildman–Crippen LogP) is 1.53. The molecule has 2 aliphatic rings. The highest BCUT2D eigenvalue weighted by atomic mass is 35.5. The number of alkyl halides is 1. The number of urea groups is 1. The maximum Gasteiger partial charge on any atom is 0.323 e. The molecule has 1 fully saturated rings. The van der Waals surface area contributed by atoms with Crippen LogP contribution in [-0.4, -0.2) is 60.6 Å². The summed E-state index contributed by atoms with van der Waals surface area (Å²) in [6, 6.07) is -0.339. The van der Waals surface area contributed by atoms with E-state index in [0.29, 0.717) is 11.3 Å². The third-order valence-electron chi connectivity index (χ3n) is 3.61. The van der Waals surface area contributed by atoms with Crippen LogP contribution in [0.15, 0.2) is 24.0 Å². The zero-order chi connectivity index (χ0) is 15.8. The monoisotopic (exact) mass is 332 g/mol. The van der Waals surface area contributed by atoms with Gasteiger partial charge in [0.25, 0.3) is 0 Å². The first-order valence-corrected chi connectivity index (χ1v) is 10.3. The average molecular weight is 333 g/mol. The number of rotatable bonds is 4. The van der Waals surface area contributed by atoms with E-state index in [1.807, 2.05) is 0 Å². The third kappa shape index (κ3) is 3.92. The number of carbonyl (C=O) groups excluding carboxylic acids is 1. The summed E-state index contributed by atoms with van der Waals surface area (Å²) in [5, 5.41) is 14.8. The molecule has 2 aliphatic heterocycles. The number of hydrogen-bond donors (Lipinski definition) is 3. The molecule has 1 unspecified atom stereocenters. The van der Waals surface area contributed by atoms with E-state index >= 15 is 0 Å². The fourth-order valence-electron chi connectivity index (χ4n) is 2.42. The van der Waals surface area contributed by atoms with Crippen molar-refractivity contribution in [3.05, 3.63) is 24.0 Å². The molecule has 7 heteroatoms. The molecular weight excluding hydrogens is 311 g/mol. The van der Waals surface area contributed by atoms with Crippen molar-refractivity contribution in [2.75, 3.05) is 19.5 Å². The highest BCUT2D eigenvalue weighted by Gasteiger charge is 2.45. The zero-order valence-corrected chi connectivity index (χ0v) is 14.0. The highest BCUT2D eigenvalue weighted by molar-refractivity contribution is 7.72. The molecule has 0 saturated carbocycles. The summed E-state index contributed by atoms with van der Waals surface area (Å²) in [6.45, 7) is 6.92. The van der Waals surface area contributed by atoms with Gasteiger partial charge in [-0.1, -0.05) is 6.58 Å². The van der Waals surface area contributed by atoms with E-state index in [-0.39, 0.29) is 12.1 Å². The van der Waals surface area contributed by atoms with Crippen molar-refractivity contribution in [3.63, 3.8) is 0 Å². The Morgan fingerprint density at radius 3 is 2.76 bits per heavy atom. The van der Waals surface area contributed by atoms with Gasteiger partial charge in [-0.3, -0.25) is 0 Å². The Bertz CT molecular complexity index is 528. The molecule has 21 heavy (non-hydrogen) atoms. The van der Waals surface area contributed by atoms with Gasteiger partial charge in [0, 0.05) is 17.5 Å². The average Bonchev–Trinajstić information content (AvgIpc) is 2.64. The van der Waals surface area contributed by atoms with Crippen LogP contribution in [0.2, 0.25) is 0 Å². The van der Waals surface area contributed by atoms with Gasteiger partial charge in [0.1, 0.15) is 6.10 Å². The standard InChI is InChI=1S/C14H22ClN2O3P/c1-8-9(7-16-14(19)17-8)13-11(15)12(18)10(20-13)5-6-21(2,3)4/h7,10-13,18H,1-2,5-6H2,3-4H3,(H2,16,17,19)/t10?,11-,12-,13+/m1/s1. The normalized spacial score (nSPS) is 33.4. The number of nitrogens with one attached hydrogen (secondary N) is 2. The molecule has 0 aliphatic carbocycles. The van der Waals surface area contributed by atoms with Crippen LogP contribution in [0, 0.1) is 0 Å². The topological polar surface area (TPSA) is 70.6 Å². The lowest BCUT2D eigenvalue weighted by atomic mass is 10.0. The summed E-state index contributed by atoms with van der Waals surface area (Å²) in [5.74, 6) is 0. The minimum Gasteiger partial charge on any atom is -0.389 e. The Hall–Kier alpha value is -0.740. The summed E-state index contributed by atoms with van der Waals surface area (Å²) in [6.07, 6.45) is 5.81. The Morgan fingerprint density at radius 2 is 2.19 bits per heavy atom. The second-order valence-electron chi connectivity index (χ2n) is 6.15. The zero-order valence-electron chi connectivity index (χ0n) is 12.3. The summed E-state index contributed by atoms with van der Waals surface area (Å²) in [4.78, 5) is 11.2. The van der Waals surface area contributed by atoms with E-state index in [0.717, 1.165) is 12.6 Å². The van der Waals surface area contributed by atoms with Gasteiger partial charge in [0.15, 0.2) is 0 Å². The number of aliphatic hydroxyl groups is 1.